The van der Waals surface area contributed by atoms with E-state index in [0.717, 1.165) is 16.5 Å². The number of aromatic nitrogens is 1. The fraction of sp³-hybridized carbons (Fsp3) is 0.167. The van der Waals surface area contributed by atoms with Gasteiger partial charge in [0.2, 0.25) is 0 Å². The minimum atomic E-state index is -0.0311. The van der Waals surface area contributed by atoms with Crippen LogP contribution in [-0.2, 0) is 6.42 Å². The van der Waals surface area contributed by atoms with E-state index in [-0.39, 0.29) is 12.2 Å². The second-order valence-electron chi connectivity index (χ2n) is 3.42. The standard InChI is InChI=1S/C12H10N2O/c1-8(15)12-10(6-7-13)9-4-2-3-5-11(9)14-12/h2-5,14H,6H2,1H3. The van der Waals surface area contributed by atoms with Gasteiger partial charge in [-0.2, -0.15) is 5.26 Å². The number of benzene rings is 1. The molecule has 2 aromatic rings. The van der Waals surface area contributed by atoms with Crippen LogP contribution in [0.1, 0.15) is 23.0 Å². The largest absolute Gasteiger partial charge is 0.352 e. The highest BCUT2D eigenvalue weighted by molar-refractivity contribution is 6.01. The third-order valence-electron chi connectivity index (χ3n) is 2.42. The molecule has 0 unspecified atom stereocenters. The Balaban J connectivity index is 2.75. The summed E-state index contributed by atoms with van der Waals surface area (Å²) in [5, 5.41) is 9.69. The molecule has 0 radical (unpaired) electrons. The molecule has 3 nitrogen and oxygen atoms in total. The predicted molar refractivity (Wildman–Crippen MR) is 57.6 cm³/mol. The fourth-order valence-corrected chi connectivity index (χ4v) is 1.76. The number of carbonyl (C=O) groups excluding carboxylic acids is 1. The summed E-state index contributed by atoms with van der Waals surface area (Å²) in [4.78, 5) is 14.4. The molecule has 0 aliphatic rings. The Kier molecular flexibility index (Phi) is 2.26. The number of H-pyrrole nitrogens is 1. The van der Waals surface area contributed by atoms with E-state index in [1.165, 1.54) is 6.92 Å². The maximum absolute atomic E-state index is 11.4. The molecule has 0 aliphatic heterocycles. The Morgan fingerprint density at radius 1 is 1.47 bits per heavy atom. The molecule has 0 saturated heterocycles. The van der Waals surface area contributed by atoms with E-state index in [4.69, 9.17) is 5.26 Å². The number of nitrogens with zero attached hydrogens (tertiary/aromatic N) is 1. The summed E-state index contributed by atoms with van der Waals surface area (Å²) in [6.45, 7) is 1.51. The van der Waals surface area contributed by atoms with Crippen molar-refractivity contribution in [3.63, 3.8) is 0 Å². The van der Waals surface area contributed by atoms with Gasteiger partial charge in [0, 0.05) is 23.4 Å². The molecule has 0 bridgehead atoms. The van der Waals surface area contributed by atoms with Gasteiger partial charge in [-0.1, -0.05) is 18.2 Å². The molecule has 0 atom stereocenters. The number of Topliss-reactive ketones (excluding diaryl/α,β-unsaturated/α-hetero) is 1. The molecule has 3 heteroatoms. The van der Waals surface area contributed by atoms with Gasteiger partial charge in [-0.3, -0.25) is 4.79 Å². The second kappa shape index (κ2) is 3.58. The molecule has 0 fully saturated rings. The number of carbonyl (C=O) groups is 1. The Hall–Kier alpha value is -2.08. The summed E-state index contributed by atoms with van der Waals surface area (Å²) in [5.74, 6) is -0.0311. The zero-order valence-corrected chi connectivity index (χ0v) is 8.37. The van der Waals surface area contributed by atoms with E-state index in [0.29, 0.717) is 5.69 Å². The molecule has 1 N–H and O–H groups in total. The van der Waals surface area contributed by atoms with Gasteiger partial charge >= 0.3 is 0 Å². The minimum absolute atomic E-state index is 0.0311. The highest BCUT2D eigenvalue weighted by Crippen LogP contribution is 2.22. The zero-order chi connectivity index (χ0) is 10.8. The third kappa shape index (κ3) is 1.50. The van der Waals surface area contributed by atoms with Gasteiger partial charge < -0.3 is 4.98 Å². The highest BCUT2D eigenvalue weighted by Gasteiger charge is 2.13. The normalized spacial score (nSPS) is 10.1. The Morgan fingerprint density at radius 3 is 2.87 bits per heavy atom. The van der Waals surface area contributed by atoms with Crippen LogP contribution in [0.25, 0.3) is 10.9 Å². The topological polar surface area (TPSA) is 56.6 Å². The van der Waals surface area contributed by atoms with Crippen molar-refractivity contribution >= 4 is 16.7 Å². The lowest BCUT2D eigenvalue weighted by Crippen LogP contribution is -1.97. The van der Waals surface area contributed by atoms with Crippen molar-refractivity contribution < 1.29 is 4.79 Å². The van der Waals surface area contributed by atoms with Gasteiger partial charge in [0.25, 0.3) is 0 Å². The van der Waals surface area contributed by atoms with Crippen molar-refractivity contribution in [3.05, 3.63) is 35.5 Å². The number of para-hydroxylation sites is 1. The van der Waals surface area contributed by atoms with Crippen LogP contribution in [0.5, 0.6) is 0 Å². The fourth-order valence-electron chi connectivity index (χ4n) is 1.76. The lowest BCUT2D eigenvalue weighted by atomic mass is 10.1. The molecule has 0 amide bonds. The minimum Gasteiger partial charge on any atom is -0.352 e. The van der Waals surface area contributed by atoms with Crippen LogP contribution in [0, 0.1) is 11.3 Å². The van der Waals surface area contributed by atoms with Crippen LogP contribution in [0.4, 0.5) is 0 Å². The number of nitrogens with one attached hydrogen (secondary N) is 1. The number of nitriles is 1. The van der Waals surface area contributed by atoms with Crippen LogP contribution in [-0.4, -0.2) is 10.8 Å². The molecular formula is C12H10N2O. The first-order valence-electron chi connectivity index (χ1n) is 4.71. The Morgan fingerprint density at radius 2 is 2.20 bits per heavy atom. The van der Waals surface area contributed by atoms with Crippen LogP contribution < -0.4 is 0 Å². The molecule has 1 heterocycles. The van der Waals surface area contributed by atoms with Crippen molar-refractivity contribution in [2.45, 2.75) is 13.3 Å². The first-order chi connectivity index (χ1) is 7.24. The molecule has 15 heavy (non-hydrogen) atoms. The van der Waals surface area contributed by atoms with E-state index < -0.39 is 0 Å². The Bertz CT molecular complexity index is 560. The second-order valence-corrected chi connectivity index (χ2v) is 3.42. The quantitative estimate of drug-likeness (QED) is 0.753. The average Bonchev–Trinajstić information content (AvgIpc) is 2.58. The summed E-state index contributed by atoms with van der Waals surface area (Å²) in [5.41, 5.74) is 2.27. The lowest BCUT2D eigenvalue weighted by Gasteiger charge is -1.94. The van der Waals surface area contributed by atoms with Crippen molar-refractivity contribution in [3.8, 4) is 6.07 Å². The summed E-state index contributed by atoms with van der Waals surface area (Å²) >= 11 is 0. The van der Waals surface area contributed by atoms with Gasteiger partial charge in [0.15, 0.2) is 5.78 Å². The maximum atomic E-state index is 11.4. The maximum Gasteiger partial charge on any atom is 0.176 e. The van der Waals surface area contributed by atoms with Gasteiger partial charge in [-0.15, -0.1) is 0 Å². The van der Waals surface area contributed by atoms with E-state index in [2.05, 4.69) is 11.1 Å². The molecule has 0 spiro atoms. The number of ketones is 1. The van der Waals surface area contributed by atoms with Crippen molar-refractivity contribution in [2.24, 2.45) is 0 Å². The van der Waals surface area contributed by atoms with Crippen LogP contribution in [0.3, 0.4) is 0 Å². The molecule has 0 aliphatic carbocycles. The molecule has 2 rings (SSSR count). The van der Waals surface area contributed by atoms with E-state index in [1.54, 1.807) is 0 Å². The number of fused-ring (bicyclic) bond motifs is 1. The lowest BCUT2D eigenvalue weighted by molar-refractivity contribution is 0.101. The summed E-state index contributed by atoms with van der Waals surface area (Å²) in [6, 6.07) is 9.72. The summed E-state index contributed by atoms with van der Waals surface area (Å²) in [6.07, 6.45) is 0.263. The van der Waals surface area contributed by atoms with E-state index in [1.807, 2.05) is 24.3 Å². The van der Waals surface area contributed by atoms with Crippen LogP contribution >= 0.6 is 0 Å². The first kappa shape index (κ1) is 9.47. The number of aromatic amines is 1. The summed E-state index contributed by atoms with van der Waals surface area (Å²) in [7, 11) is 0. The van der Waals surface area contributed by atoms with E-state index in [9.17, 15) is 4.79 Å². The SMILES string of the molecule is CC(=O)c1[nH]c2ccccc2c1CC#N. The van der Waals surface area contributed by atoms with Gasteiger partial charge in [0.1, 0.15) is 0 Å². The van der Waals surface area contributed by atoms with Crippen LogP contribution in [0.15, 0.2) is 24.3 Å². The van der Waals surface area contributed by atoms with Crippen molar-refractivity contribution in [2.75, 3.05) is 0 Å². The van der Waals surface area contributed by atoms with Gasteiger partial charge in [-0.25, -0.2) is 0 Å². The first-order valence-corrected chi connectivity index (χ1v) is 4.71. The number of hydrogen-bond acceptors (Lipinski definition) is 2. The third-order valence-corrected chi connectivity index (χ3v) is 2.42. The smallest absolute Gasteiger partial charge is 0.176 e. The number of hydrogen-bond donors (Lipinski definition) is 1. The average molecular weight is 198 g/mol. The predicted octanol–water partition coefficient (Wildman–Crippen LogP) is 2.44. The zero-order valence-electron chi connectivity index (χ0n) is 8.37. The van der Waals surface area contributed by atoms with Gasteiger partial charge in [0.05, 0.1) is 18.2 Å². The number of rotatable bonds is 2. The van der Waals surface area contributed by atoms with Crippen LogP contribution in [0.2, 0.25) is 0 Å². The van der Waals surface area contributed by atoms with Crippen molar-refractivity contribution in [1.29, 1.82) is 5.26 Å². The highest BCUT2D eigenvalue weighted by atomic mass is 16.1. The molecule has 1 aromatic heterocycles. The van der Waals surface area contributed by atoms with E-state index >= 15 is 0 Å². The molecular weight excluding hydrogens is 188 g/mol. The monoisotopic (exact) mass is 198 g/mol. The molecule has 74 valence electrons. The Labute approximate surface area is 87.3 Å². The van der Waals surface area contributed by atoms with Gasteiger partial charge in [-0.05, 0) is 6.07 Å². The van der Waals surface area contributed by atoms with Crippen molar-refractivity contribution in [1.82, 2.24) is 4.98 Å². The molecule has 0 saturated carbocycles. The summed E-state index contributed by atoms with van der Waals surface area (Å²) < 4.78 is 0. The molecule has 1 aromatic carbocycles.